The quantitative estimate of drug-likeness (QED) is 0.628. The van der Waals surface area contributed by atoms with E-state index in [0.29, 0.717) is 16.6 Å². The van der Waals surface area contributed by atoms with Crippen molar-refractivity contribution in [1.29, 1.82) is 0 Å². The van der Waals surface area contributed by atoms with Gasteiger partial charge in [-0.05, 0) is 29.8 Å². The van der Waals surface area contributed by atoms with Gasteiger partial charge in [0.1, 0.15) is 0 Å². The van der Waals surface area contributed by atoms with Crippen LogP contribution in [0.5, 0.6) is 0 Å². The number of nitrogens with zero attached hydrogens (tertiary/aromatic N) is 1. The number of hydrogen-bond acceptors (Lipinski definition) is 3. The van der Waals surface area contributed by atoms with Crippen LogP contribution in [0.15, 0.2) is 58.4 Å². The molecule has 0 spiro atoms. The highest BCUT2D eigenvalue weighted by molar-refractivity contribution is 9.10. The number of thiazole rings is 1. The number of carbonyl (C=O) groups is 1. The third kappa shape index (κ3) is 4.41. The topological polar surface area (TPSA) is 42.0 Å². The van der Waals surface area contributed by atoms with E-state index in [1.807, 2.05) is 41.8 Å². The summed E-state index contributed by atoms with van der Waals surface area (Å²) in [7, 11) is 0. The zero-order valence-electron chi connectivity index (χ0n) is 11.9. The summed E-state index contributed by atoms with van der Waals surface area (Å²) in [5.41, 5.74) is 2.77. The van der Waals surface area contributed by atoms with Gasteiger partial charge < -0.3 is 5.32 Å². The number of halogens is 2. The second-order valence-corrected chi connectivity index (χ2v) is 7.11. The maximum atomic E-state index is 12.1. The van der Waals surface area contributed by atoms with E-state index in [-0.39, 0.29) is 5.91 Å². The molecule has 3 rings (SSSR count). The van der Waals surface area contributed by atoms with Crippen LogP contribution in [0.4, 0.5) is 5.13 Å². The molecule has 2 aromatic carbocycles. The van der Waals surface area contributed by atoms with Crippen LogP contribution in [0.1, 0.15) is 5.56 Å². The van der Waals surface area contributed by atoms with Gasteiger partial charge in [-0.1, -0.05) is 51.8 Å². The first kappa shape index (κ1) is 16.2. The van der Waals surface area contributed by atoms with Gasteiger partial charge in [0.05, 0.1) is 12.1 Å². The smallest absolute Gasteiger partial charge is 0.230 e. The molecule has 0 saturated heterocycles. The van der Waals surface area contributed by atoms with Crippen LogP contribution >= 0.6 is 38.9 Å². The second-order valence-electron chi connectivity index (χ2n) is 4.90. The molecular formula is C17H12BrClN2OS. The molecule has 1 heterocycles. The van der Waals surface area contributed by atoms with E-state index < -0.39 is 0 Å². The van der Waals surface area contributed by atoms with Gasteiger partial charge in [0.25, 0.3) is 0 Å². The zero-order valence-corrected chi connectivity index (χ0v) is 15.1. The number of nitrogens with one attached hydrogen (secondary N) is 1. The number of benzene rings is 2. The summed E-state index contributed by atoms with van der Waals surface area (Å²) in [5.74, 6) is -0.0949. The maximum absolute atomic E-state index is 12.1. The van der Waals surface area contributed by atoms with Crippen molar-refractivity contribution in [3.63, 3.8) is 0 Å². The molecule has 0 bridgehead atoms. The van der Waals surface area contributed by atoms with Crippen LogP contribution in [0.3, 0.4) is 0 Å². The maximum Gasteiger partial charge on any atom is 0.230 e. The fourth-order valence-electron chi connectivity index (χ4n) is 2.06. The minimum absolute atomic E-state index is 0.0949. The van der Waals surface area contributed by atoms with E-state index in [4.69, 9.17) is 11.6 Å². The first-order chi connectivity index (χ1) is 11.1. The summed E-state index contributed by atoms with van der Waals surface area (Å²) in [4.78, 5) is 16.5. The van der Waals surface area contributed by atoms with Gasteiger partial charge in [0, 0.05) is 20.4 Å². The number of rotatable bonds is 4. The largest absolute Gasteiger partial charge is 0.302 e. The molecule has 0 aliphatic rings. The molecular weight excluding hydrogens is 396 g/mol. The molecule has 0 unspecified atom stereocenters. The average Bonchev–Trinajstić information content (AvgIpc) is 2.98. The summed E-state index contributed by atoms with van der Waals surface area (Å²) < 4.78 is 0.997. The molecule has 0 aliphatic carbocycles. The first-order valence-electron chi connectivity index (χ1n) is 6.86. The van der Waals surface area contributed by atoms with E-state index in [1.54, 1.807) is 12.1 Å². The van der Waals surface area contributed by atoms with Gasteiger partial charge in [-0.25, -0.2) is 4.98 Å². The summed E-state index contributed by atoms with van der Waals surface area (Å²) in [6.07, 6.45) is 0.295. The Morgan fingerprint density at radius 1 is 1.22 bits per heavy atom. The van der Waals surface area contributed by atoms with Gasteiger partial charge in [-0.3, -0.25) is 4.79 Å². The number of aromatic nitrogens is 1. The van der Waals surface area contributed by atoms with Gasteiger partial charge in [-0.2, -0.15) is 0 Å². The Hall–Kier alpha value is -1.69. The van der Waals surface area contributed by atoms with Crippen LogP contribution in [0.2, 0.25) is 5.02 Å². The van der Waals surface area contributed by atoms with Crippen molar-refractivity contribution in [2.45, 2.75) is 6.42 Å². The Kier molecular flexibility index (Phi) is 5.10. The van der Waals surface area contributed by atoms with Gasteiger partial charge in [-0.15, -0.1) is 11.3 Å². The van der Waals surface area contributed by atoms with Gasteiger partial charge in [0.2, 0.25) is 5.91 Å². The fourth-order valence-corrected chi connectivity index (χ4v) is 3.32. The SMILES string of the molecule is O=C(Cc1ccc(Cl)cc1)Nc1nc(-c2cccc(Br)c2)cs1. The van der Waals surface area contributed by atoms with Crippen molar-refractivity contribution in [3.05, 3.63) is 69.0 Å². The van der Waals surface area contributed by atoms with Crippen LogP contribution in [0, 0.1) is 0 Å². The van der Waals surface area contributed by atoms with E-state index in [0.717, 1.165) is 21.3 Å². The predicted molar refractivity (Wildman–Crippen MR) is 99.0 cm³/mol. The molecule has 3 aromatic rings. The molecule has 0 saturated carbocycles. The number of carbonyl (C=O) groups excluding carboxylic acids is 1. The van der Waals surface area contributed by atoms with Crippen molar-refractivity contribution in [2.24, 2.45) is 0 Å². The molecule has 6 heteroatoms. The van der Waals surface area contributed by atoms with Gasteiger partial charge in [0.15, 0.2) is 5.13 Å². The molecule has 1 N–H and O–H groups in total. The lowest BCUT2D eigenvalue weighted by Gasteiger charge is -2.02. The summed E-state index contributed by atoms with van der Waals surface area (Å²) >= 11 is 10.7. The molecule has 0 aliphatic heterocycles. The Morgan fingerprint density at radius 3 is 2.74 bits per heavy atom. The van der Waals surface area contributed by atoms with Crippen molar-refractivity contribution < 1.29 is 4.79 Å². The average molecular weight is 408 g/mol. The third-order valence-corrected chi connectivity index (χ3v) is 4.65. The van der Waals surface area contributed by atoms with Crippen LogP contribution in [-0.2, 0) is 11.2 Å². The minimum atomic E-state index is -0.0949. The highest BCUT2D eigenvalue weighted by Crippen LogP contribution is 2.27. The predicted octanol–water partition coefficient (Wildman–Crippen LogP) is 5.41. The van der Waals surface area contributed by atoms with Crippen molar-refractivity contribution in [3.8, 4) is 11.3 Å². The lowest BCUT2D eigenvalue weighted by molar-refractivity contribution is -0.115. The third-order valence-electron chi connectivity index (χ3n) is 3.15. The van der Waals surface area contributed by atoms with Crippen LogP contribution in [-0.4, -0.2) is 10.9 Å². The second kappa shape index (κ2) is 7.25. The molecule has 116 valence electrons. The first-order valence-corrected chi connectivity index (χ1v) is 8.91. The Morgan fingerprint density at radius 2 is 2.00 bits per heavy atom. The molecule has 3 nitrogen and oxygen atoms in total. The monoisotopic (exact) mass is 406 g/mol. The lowest BCUT2D eigenvalue weighted by atomic mass is 10.1. The summed E-state index contributed by atoms with van der Waals surface area (Å²) in [6.45, 7) is 0. The highest BCUT2D eigenvalue weighted by atomic mass is 79.9. The molecule has 1 aromatic heterocycles. The Labute approximate surface area is 151 Å². The van der Waals surface area contributed by atoms with Crippen LogP contribution < -0.4 is 5.32 Å². The van der Waals surface area contributed by atoms with Crippen molar-refractivity contribution in [2.75, 3.05) is 5.32 Å². The summed E-state index contributed by atoms with van der Waals surface area (Å²) in [6, 6.07) is 15.1. The van der Waals surface area contributed by atoms with Gasteiger partial charge >= 0.3 is 0 Å². The number of amides is 1. The summed E-state index contributed by atoms with van der Waals surface area (Å²) in [5, 5.41) is 6.02. The Bertz CT molecular complexity index is 833. The zero-order chi connectivity index (χ0) is 16.2. The lowest BCUT2D eigenvalue weighted by Crippen LogP contribution is -2.14. The molecule has 0 atom stereocenters. The normalized spacial score (nSPS) is 10.5. The van der Waals surface area contributed by atoms with E-state index >= 15 is 0 Å². The van der Waals surface area contributed by atoms with Crippen molar-refractivity contribution >= 4 is 49.9 Å². The molecule has 1 amide bonds. The van der Waals surface area contributed by atoms with Crippen molar-refractivity contribution in [1.82, 2.24) is 4.98 Å². The number of anilines is 1. The van der Waals surface area contributed by atoms with Crippen LogP contribution in [0.25, 0.3) is 11.3 Å². The number of hydrogen-bond donors (Lipinski definition) is 1. The van der Waals surface area contributed by atoms with E-state index in [9.17, 15) is 4.79 Å². The Balaban J connectivity index is 1.66. The standard InChI is InChI=1S/C17H12BrClN2OS/c18-13-3-1-2-12(9-13)15-10-23-17(20-15)21-16(22)8-11-4-6-14(19)7-5-11/h1-7,9-10H,8H2,(H,20,21,22). The molecule has 23 heavy (non-hydrogen) atoms. The fraction of sp³-hybridized carbons (Fsp3) is 0.0588. The van der Waals surface area contributed by atoms with E-state index in [2.05, 4.69) is 26.2 Å². The molecule has 0 fully saturated rings. The molecule has 0 radical (unpaired) electrons. The highest BCUT2D eigenvalue weighted by Gasteiger charge is 2.09. The van der Waals surface area contributed by atoms with E-state index in [1.165, 1.54) is 11.3 Å². The minimum Gasteiger partial charge on any atom is -0.302 e.